The molecule has 2 saturated carbocycles. The summed E-state index contributed by atoms with van der Waals surface area (Å²) >= 11 is 1.46. The van der Waals surface area contributed by atoms with Gasteiger partial charge in [-0.25, -0.2) is 23.4 Å². The average molecular weight is 565 g/mol. The molecule has 0 saturated heterocycles. The number of carboxylic acids is 1. The maximum atomic E-state index is 13.7. The predicted molar refractivity (Wildman–Crippen MR) is 138 cm³/mol. The van der Waals surface area contributed by atoms with Crippen molar-refractivity contribution in [3.05, 3.63) is 35.4 Å². The van der Waals surface area contributed by atoms with Crippen molar-refractivity contribution >= 4 is 34.7 Å². The highest BCUT2D eigenvalue weighted by Crippen LogP contribution is 2.44. The third kappa shape index (κ3) is 5.98. The highest BCUT2D eigenvalue weighted by atomic mass is 32.2. The molecule has 210 valence electrons. The molecule has 2 fully saturated rings. The van der Waals surface area contributed by atoms with Gasteiger partial charge in [0.25, 0.3) is 0 Å². The van der Waals surface area contributed by atoms with E-state index in [0.717, 1.165) is 18.2 Å². The highest BCUT2D eigenvalue weighted by Gasteiger charge is 2.45. The lowest BCUT2D eigenvalue weighted by atomic mass is 10.1. The van der Waals surface area contributed by atoms with E-state index in [1.54, 1.807) is 6.07 Å². The van der Waals surface area contributed by atoms with Crippen molar-refractivity contribution in [3.8, 4) is 0 Å². The predicted octanol–water partition coefficient (Wildman–Crippen LogP) is 2.89. The number of hydrogen-bond donors (Lipinski definition) is 4. The van der Waals surface area contributed by atoms with Crippen LogP contribution in [0.1, 0.15) is 56.6 Å². The molecule has 0 spiro atoms. The number of ether oxygens (including phenoxy) is 1. The Morgan fingerprint density at radius 3 is 2.77 bits per heavy atom. The van der Waals surface area contributed by atoms with Crippen LogP contribution >= 0.6 is 11.8 Å². The minimum absolute atomic E-state index is 0.0160. The number of carboxylic acid groups (broad SMARTS) is 1. The Morgan fingerprint density at radius 2 is 2.03 bits per heavy atom. The lowest BCUT2D eigenvalue weighted by Crippen LogP contribution is -2.33. The number of carbonyl (C=O) groups is 1. The van der Waals surface area contributed by atoms with Crippen LogP contribution in [0.4, 0.5) is 14.6 Å². The fourth-order valence-corrected chi connectivity index (χ4v) is 5.56. The van der Waals surface area contributed by atoms with E-state index in [4.69, 9.17) is 9.84 Å². The van der Waals surface area contributed by atoms with Gasteiger partial charge in [0.1, 0.15) is 12.2 Å². The lowest BCUT2D eigenvalue weighted by Gasteiger charge is -2.17. The molecule has 2 heterocycles. The van der Waals surface area contributed by atoms with Crippen LogP contribution in [0, 0.1) is 11.6 Å². The van der Waals surface area contributed by atoms with Crippen molar-refractivity contribution in [1.29, 1.82) is 0 Å². The topological polar surface area (TPSA) is 156 Å². The summed E-state index contributed by atoms with van der Waals surface area (Å²) in [5.74, 6) is -1.48. The van der Waals surface area contributed by atoms with Gasteiger partial charge in [-0.2, -0.15) is 0 Å². The van der Waals surface area contributed by atoms with Gasteiger partial charge >= 0.3 is 5.97 Å². The van der Waals surface area contributed by atoms with E-state index >= 15 is 0 Å². The number of anilines is 1. The van der Waals surface area contributed by atoms with Gasteiger partial charge in [-0.3, -0.25) is 4.79 Å². The highest BCUT2D eigenvalue weighted by molar-refractivity contribution is 7.99. The Labute approximate surface area is 227 Å². The third-order valence-electron chi connectivity index (χ3n) is 7.00. The smallest absolute Gasteiger partial charge is 0.303 e. The van der Waals surface area contributed by atoms with Crippen molar-refractivity contribution < 1.29 is 33.6 Å². The summed E-state index contributed by atoms with van der Waals surface area (Å²) in [4.78, 5) is 20.0. The zero-order valence-electron chi connectivity index (χ0n) is 21.2. The first-order valence-corrected chi connectivity index (χ1v) is 13.9. The van der Waals surface area contributed by atoms with Gasteiger partial charge in [0.05, 0.1) is 12.1 Å². The normalized spacial score (nSPS) is 26.3. The second-order valence-electron chi connectivity index (χ2n) is 9.87. The minimum Gasteiger partial charge on any atom is -0.481 e. The number of benzene rings is 1. The van der Waals surface area contributed by atoms with Crippen LogP contribution in [0.3, 0.4) is 0 Å². The van der Waals surface area contributed by atoms with Gasteiger partial charge in [-0.05, 0) is 37.0 Å². The molecular formula is C25H30F2N6O5S. The molecule has 2 aliphatic carbocycles. The number of thioether (sulfide) groups is 1. The Bertz CT molecular complexity index is 1350. The summed E-state index contributed by atoms with van der Waals surface area (Å²) in [5.41, 5.74) is 1.47. The number of nitrogens with one attached hydrogen (secondary N) is 1. The molecule has 0 unspecified atom stereocenters. The number of hydrogen-bond acceptors (Lipinski definition) is 10. The quantitative estimate of drug-likeness (QED) is 0.146. The SMILES string of the molecule is CCCSc1nc(N[C@@H]2C[C@H]2c2ccc(F)c(F)c2)c2nnn([C@@H]3C[C@H](OCCCC(=O)O)[C@@H](O)[C@H]3O)c2n1. The number of fused-ring (bicyclic) bond motifs is 1. The van der Waals surface area contributed by atoms with Crippen LogP contribution in [-0.4, -0.2) is 83.0 Å². The van der Waals surface area contributed by atoms with Crippen molar-refractivity contribution in [3.63, 3.8) is 0 Å². The number of aromatic nitrogens is 5. The molecule has 3 aromatic rings. The second-order valence-corrected chi connectivity index (χ2v) is 10.9. The van der Waals surface area contributed by atoms with Crippen molar-refractivity contribution in [2.24, 2.45) is 0 Å². The number of halogens is 2. The molecule has 2 aromatic heterocycles. The van der Waals surface area contributed by atoms with Gasteiger partial charge in [-0.15, -0.1) is 5.10 Å². The fourth-order valence-electron chi connectivity index (χ4n) is 4.87. The molecule has 39 heavy (non-hydrogen) atoms. The third-order valence-corrected chi connectivity index (χ3v) is 8.06. The molecule has 11 nitrogen and oxygen atoms in total. The molecule has 0 aliphatic heterocycles. The number of rotatable bonds is 12. The average Bonchev–Trinajstić information content (AvgIpc) is 3.45. The van der Waals surface area contributed by atoms with E-state index in [9.17, 15) is 23.8 Å². The molecule has 14 heteroatoms. The molecule has 0 amide bonds. The molecule has 2 aliphatic rings. The van der Waals surface area contributed by atoms with E-state index in [2.05, 4.69) is 25.6 Å². The first kappa shape index (κ1) is 27.6. The number of aliphatic carboxylic acids is 1. The summed E-state index contributed by atoms with van der Waals surface area (Å²) in [5, 5.41) is 42.6. The van der Waals surface area contributed by atoms with Crippen LogP contribution in [0.15, 0.2) is 23.4 Å². The van der Waals surface area contributed by atoms with Crippen LogP contribution < -0.4 is 5.32 Å². The van der Waals surface area contributed by atoms with Gasteiger partial charge in [0.15, 0.2) is 33.8 Å². The Morgan fingerprint density at radius 1 is 1.21 bits per heavy atom. The van der Waals surface area contributed by atoms with Crippen molar-refractivity contribution in [2.75, 3.05) is 17.7 Å². The summed E-state index contributed by atoms with van der Waals surface area (Å²) in [7, 11) is 0. The zero-order valence-corrected chi connectivity index (χ0v) is 22.0. The van der Waals surface area contributed by atoms with Gasteiger partial charge in [-0.1, -0.05) is 30.0 Å². The number of aliphatic hydroxyl groups excluding tert-OH is 2. The maximum absolute atomic E-state index is 13.7. The minimum atomic E-state index is -1.20. The zero-order chi connectivity index (χ0) is 27.7. The molecule has 0 bridgehead atoms. The van der Waals surface area contributed by atoms with Gasteiger partial charge in [0.2, 0.25) is 0 Å². The van der Waals surface area contributed by atoms with Crippen molar-refractivity contribution in [1.82, 2.24) is 25.0 Å². The Hall–Kier alpha value is -2.94. The summed E-state index contributed by atoms with van der Waals surface area (Å²) in [6.07, 6.45) is -0.995. The van der Waals surface area contributed by atoms with Crippen LogP contribution in [0.2, 0.25) is 0 Å². The van der Waals surface area contributed by atoms with Crippen LogP contribution in [0.25, 0.3) is 11.2 Å². The number of nitrogens with zero attached hydrogens (tertiary/aromatic N) is 5. The fraction of sp³-hybridized carbons (Fsp3) is 0.560. The Balaban J connectivity index is 1.37. The first-order chi connectivity index (χ1) is 18.8. The van der Waals surface area contributed by atoms with Gasteiger partial charge in [0, 0.05) is 37.2 Å². The van der Waals surface area contributed by atoms with E-state index in [1.165, 1.54) is 22.5 Å². The number of aliphatic hydroxyl groups is 2. The molecule has 5 rings (SSSR count). The van der Waals surface area contributed by atoms with Crippen LogP contribution in [-0.2, 0) is 9.53 Å². The molecular weight excluding hydrogens is 534 g/mol. The van der Waals surface area contributed by atoms with E-state index in [-0.39, 0.29) is 31.4 Å². The summed E-state index contributed by atoms with van der Waals surface area (Å²) < 4.78 is 34.3. The van der Waals surface area contributed by atoms with Crippen molar-refractivity contribution in [2.45, 2.75) is 80.5 Å². The molecule has 4 N–H and O–H groups in total. The molecule has 0 radical (unpaired) electrons. The van der Waals surface area contributed by atoms with Gasteiger partial charge < -0.3 is 25.4 Å². The van der Waals surface area contributed by atoms with E-state index < -0.39 is 42.0 Å². The maximum Gasteiger partial charge on any atom is 0.303 e. The van der Waals surface area contributed by atoms with E-state index in [1.807, 2.05) is 6.92 Å². The molecule has 1 aromatic carbocycles. The lowest BCUT2D eigenvalue weighted by molar-refractivity contribution is -0.137. The standard InChI is InChI=1S/C25H30F2N6O5S/c1-2-8-39-25-29-23(28-16-10-13(16)12-5-6-14(26)15(27)9-12)20-24(30-25)33(32-31-20)17-11-18(22(37)21(17)36)38-7-3-4-19(34)35/h5-6,9,13,16-18,21-22,36-37H,2-4,7-8,10-11H2,1H3,(H,34,35)(H,28,29,30)/t13-,16+,17+,18-,21-,22+/m0/s1. The van der Waals surface area contributed by atoms with Crippen LogP contribution in [0.5, 0.6) is 0 Å². The largest absolute Gasteiger partial charge is 0.481 e. The first-order valence-electron chi connectivity index (χ1n) is 12.9. The van der Waals surface area contributed by atoms with E-state index in [0.29, 0.717) is 40.5 Å². The second kappa shape index (κ2) is 11.7. The summed E-state index contributed by atoms with van der Waals surface area (Å²) in [6.45, 7) is 2.18. The Kier molecular flexibility index (Phi) is 8.26. The molecule has 6 atom stereocenters. The summed E-state index contributed by atoms with van der Waals surface area (Å²) in [6, 6.07) is 3.18. The monoisotopic (exact) mass is 564 g/mol.